The molecule has 0 amide bonds. The van der Waals surface area contributed by atoms with Crippen molar-refractivity contribution < 1.29 is 53.8 Å². The quantitative estimate of drug-likeness (QED) is 0.435. The molecule has 0 saturated carbocycles. The molecule has 2 bridgehead atoms. The summed E-state index contributed by atoms with van der Waals surface area (Å²) in [5.41, 5.74) is -1.39. The van der Waals surface area contributed by atoms with Gasteiger partial charge in [-0.05, 0) is 45.2 Å². The van der Waals surface area contributed by atoms with E-state index in [1.807, 2.05) is 0 Å². The summed E-state index contributed by atoms with van der Waals surface area (Å²) in [6.07, 6.45) is -4.90. The van der Waals surface area contributed by atoms with Crippen molar-refractivity contribution in [2.45, 2.75) is 107 Å². The number of ether oxygens (including phenoxy) is 4. The van der Waals surface area contributed by atoms with Gasteiger partial charge in [-0.25, -0.2) is 0 Å². The van der Waals surface area contributed by atoms with Crippen molar-refractivity contribution in [3.8, 4) is 5.75 Å². The Morgan fingerprint density at radius 2 is 1.87 bits per heavy atom. The summed E-state index contributed by atoms with van der Waals surface area (Å²) in [6.45, 7) is 4.99. The smallest absolute Gasteiger partial charge is 0.305 e. The van der Waals surface area contributed by atoms with E-state index >= 15 is 0 Å². The molecule has 0 aromatic heterocycles. The van der Waals surface area contributed by atoms with Crippen LogP contribution >= 0.6 is 0 Å². The fourth-order valence-electron chi connectivity index (χ4n) is 6.92. The topological polar surface area (TPSA) is 169 Å². The summed E-state index contributed by atoms with van der Waals surface area (Å²) < 4.78 is 23.7. The minimum absolute atomic E-state index is 0.00136. The molecule has 1 aromatic rings. The van der Waals surface area contributed by atoms with Gasteiger partial charge in [0.15, 0.2) is 17.9 Å². The average molecular weight is 545 g/mol. The van der Waals surface area contributed by atoms with Crippen molar-refractivity contribution in [1.82, 2.24) is 0 Å². The fourth-order valence-corrected chi connectivity index (χ4v) is 6.92. The zero-order valence-corrected chi connectivity index (χ0v) is 21.9. The van der Waals surface area contributed by atoms with E-state index in [0.717, 1.165) is 0 Å². The first-order valence-electron chi connectivity index (χ1n) is 13.4. The molecule has 6 aliphatic rings. The van der Waals surface area contributed by atoms with Crippen LogP contribution in [0.15, 0.2) is 17.2 Å². The van der Waals surface area contributed by atoms with Gasteiger partial charge in [-0.15, -0.1) is 0 Å². The molecule has 7 rings (SSSR count). The molecule has 2 fully saturated rings. The summed E-state index contributed by atoms with van der Waals surface area (Å²) in [7, 11) is 0. The summed E-state index contributed by atoms with van der Waals surface area (Å²) in [4.78, 5) is 39.2. The molecule has 4 aliphatic heterocycles. The Morgan fingerprint density at radius 1 is 1.13 bits per heavy atom. The Hall–Kier alpha value is -2.67. The minimum Gasteiger partial charge on any atom is -0.507 e. The number of hydrogen-bond acceptors (Lipinski definition) is 10. The van der Waals surface area contributed by atoms with Crippen LogP contribution in [0.1, 0.15) is 84.4 Å². The van der Waals surface area contributed by atoms with E-state index in [1.54, 1.807) is 20.8 Å². The first kappa shape index (κ1) is 26.5. The Balaban J connectivity index is 1.39. The molecule has 4 N–H and O–H groups in total. The van der Waals surface area contributed by atoms with Crippen molar-refractivity contribution in [1.29, 1.82) is 0 Å². The van der Waals surface area contributed by atoms with E-state index in [4.69, 9.17) is 18.9 Å². The Morgan fingerprint density at radius 3 is 2.56 bits per heavy atom. The van der Waals surface area contributed by atoms with Gasteiger partial charge in [-0.1, -0.05) is 0 Å². The van der Waals surface area contributed by atoms with Gasteiger partial charge >= 0.3 is 5.97 Å². The number of carbonyl (C=O) groups is 3. The van der Waals surface area contributed by atoms with Crippen LogP contribution in [-0.4, -0.2) is 86.5 Å². The van der Waals surface area contributed by atoms with Crippen molar-refractivity contribution in [3.05, 3.63) is 39.5 Å². The Kier molecular flexibility index (Phi) is 6.25. The third-order valence-corrected chi connectivity index (χ3v) is 8.84. The molecule has 4 unspecified atom stereocenters. The van der Waals surface area contributed by atoms with E-state index in [0.29, 0.717) is 24.0 Å². The van der Waals surface area contributed by atoms with Crippen LogP contribution in [0.4, 0.5) is 0 Å². The van der Waals surface area contributed by atoms with Gasteiger partial charge in [-0.2, -0.15) is 0 Å². The second kappa shape index (κ2) is 9.18. The third kappa shape index (κ3) is 3.90. The van der Waals surface area contributed by atoms with Crippen LogP contribution in [0, 0.1) is 0 Å². The van der Waals surface area contributed by atoms with Crippen LogP contribution in [0.2, 0.25) is 0 Å². The number of aromatic hydroxyl groups is 1. The number of ketones is 2. The van der Waals surface area contributed by atoms with Crippen LogP contribution < -0.4 is 0 Å². The maximum atomic E-state index is 14.1. The zero-order chi connectivity index (χ0) is 28.0. The molecule has 2 aliphatic carbocycles. The lowest BCUT2D eigenvalue weighted by atomic mass is 9.63. The number of rotatable bonds is 4. The van der Waals surface area contributed by atoms with E-state index in [9.17, 15) is 34.8 Å². The van der Waals surface area contributed by atoms with Crippen molar-refractivity contribution >= 4 is 17.5 Å². The largest absolute Gasteiger partial charge is 0.507 e. The SMILES string of the molecule is CC1O[C@@H](OC2C[C@@H]3O[C@H](C)C2(O)C2=C3C(=O)c3cc4c(c(O)c3C2=O)[C@H](C)O[C@@H](CC(=O)O)C4)CCC1O. The second-order valence-corrected chi connectivity index (χ2v) is 11.2. The van der Waals surface area contributed by atoms with Crippen LogP contribution in [0.3, 0.4) is 0 Å². The van der Waals surface area contributed by atoms with Gasteiger partial charge in [0.2, 0.25) is 0 Å². The summed E-state index contributed by atoms with van der Waals surface area (Å²) in [5, 5.41) is 42.6. The lowest BCUT2D eigenvalue weighted by Crippen LogP contribution is -2.67. The normalized spacial score (nSPS) is 39.3. The number of fused-ring (bicyclic) bond motifs is 4. The number of hydrogen-bond donors (Lipinski definition) is 4. The first-order valence-corrected chi connectivity index (χ1v) is 13.4. The zero-order valence-electron chi connectivity index (χ0n) is 21.9. The lowest BCUT2D eigenvalue weighted by Gasteiger charge is -2.54. The van der Waals surface area contributed by atoms with Crippen LogP contribution in [-0.2, 0) is 30.2 Å². The number of aliphatic hydroxyl groups is 2. The number of carbonyl (C=O) groups excluding carboxylic acids is 2. The number of Topliss-reactive ketones (excluding diaryl/α,β-unsaturated/α-hetero) is 2. The molecule has 11 nitrogen and oxygen atoms in total. The number of benzene rings is 1. The first-order chi connectivity index (χ1) is 18.4. The minimum atomic E-state index is -1.98. The molecule has 2 saturated heterocycles. The molecule has 210 valence electrons. The van der Waals surface area contributed by atoms with E-state index in [1.165, 1.54) is 6.07 Å². The number of aliphatic carboxylic acids is 1. The number of carboxylic acid groups (broad SMARTS) is 1. The second-order valence-electron chi connectivity index (χ2n) is 11.2. The highest BCUT2D eigenvalue weighted by molar-refractivity contribution is 6.29. The van der Waals surface area contributed by atoms with Gasteiger partial charge in [-0.3, -0.25) is 14.4 Å². The average Bonchev–Trinajstić information content (AvgIpc) is 2.84. The fraction of sp³-hybridized carbons (Fsp3) is 0.607. The molecule has 0 spiro atoms. The predicted molar refractivity (Wildman–Crippen MR) is 131 cm³/mol. The summed E-state index contributed by atoms with van der Waals surface area (Å²) in [6, 6.07) is 1.54. The highest BCUT2D eigenvalue weighted by Gasteiger charge is 2.63. The Labute approximate surface area is 224 Å². The van der Waals surface area contributed by atoms with E-state index < -0.39 is 77.9 Å². The van der Waals surface area contributed by atoms with E-state index in [-0.39, 0.29) is 41.5 Å². The van der Waals surface area contributed by atoms with Crippen LogP contribution in [0.25, 0.3) is 0 Å². The number of phenolic OH excluding ortho intramolecular Hbond substituents is 1. The standard InChI is InChI=1S/C28H32O11/c1-10-16(29)4-5-20(37-10)39-18-9-17-23-24(28(18,35)12(3)38-17)27(34)22-15(25(23)32)7-13-6-14(8-19(30)31)36-11(2)21(13)26(22)33/h7,10-12,14,16-18,20,29,33,35H,4-6,8-9H2,1-3H3,(H,30,31)/t10?,11-,12+,14+,16?,17-,18?,20-,28?/m0/s1. The molecule has 39 heavy (non-hydrogen) atoms. The molecular formula is C28H32O11. The maximum absolute atomic E-state index is 14.1. The van der Waals surface area contributed by atoms with Crippen molar-refractivity contribution in [3.63, 3.8) is 0 Å². The molecule has 0 radical (unpaired) electrons. The predicted octanol–water partition coefficient (Wildman–Crippen LogP) is 1.74. The van der Waals surface area contributed by atoms with E-state index in [2.05, 4.69) is 0 Å². The highest BCUT2D eigenvalue weighted by atomic mass is 16.7. The van der Waals surface area contributed by atoms with Gasteiger partial charge in [0.1, 0.15) is 11.4 Å². The number of phenols is 1. The summed E-state index contributed by atoms with van der Waals surface area (Å²) in [5.74, 6) is -2.63. The van der Waals surface area contributed by atoms with Gasteiger partial charge in [0, 0.05) is 35.1 Å². The number of aliphatic hydroxyl groups excluding tert-OH is 1. The maximum Gasteiger partial charge on any atom is 0.305 e. The molecular weight excluding hydrogens is 512 g/mol. The molecule has 9 atom stereocenters. The van der Waals surface area contributed by atoms with Gasteiger partial charge in [0.25, 0.3) is 0 Å². The van der Waals surface area contributed by atoms with Crippen LogP contribution in [0.5, 0.6) is 5.75 Å². The monoisotopic (exact) mass is 544 g/mol. The Bertz CT molecular complexity index is 1300. The lowest BCUT2D eigenvalue weighted by molar-refractivity contribution is -0.291. The highest BCUT2D eigenvalue weighted by Crippen LogP contribution is 2.53. The summed E-state index contributed by atoms with van der Waals surface area (Å²) >= 11 is 0. The van der Waals surface area contributed by atoms with Gasteiger partial charge < -0.3 is 39.4 Å². The van der Waals surface area contributed by atoms with Crippen molar-refractivity contribution in [2.24, 2.45) is 0 Å². The van der Waals surface area contributed by atoms with Crippen molar-refractivity contribution in [2.75, 3.05) is 0 Å². The molecule has 1 aromatic carbocycles. The number of carboxylic acids is 1. The third-order valence-electron chi connectivity index (χ3n) is 8.84. The molecule has 4 heterocycles. The molecule has 11 heteroatoms. The van der Waals surface area contributed by atoms with Gasteiger partial charge in [0.05, 0.1) is 54.7 Å².